The number of esters is 1. The summed E-state index contributed by atoms with van der Waals surface area (Å²) < 4.78 is 17.2. The Morgan fingerprint density at radius 3 is 2.53 bits per heavy atom. The second-order valence-electron chi connectivity index (χ2n) is 16.6. The van der Waals surface area contributed by atoms with Crippen LogP contribution in [0.25, 0.3) is 16.5 Å². The van der Waals surface area contributed by atoms with Crippen molar-refractivity contribution in [2.24, 2.45) is 29.6 Å². The summed E-state index contributed by atoms with van der Waals surface area (Å²) in [5.74, 6) is 7.54. The summed E-state index contributed by atoms with van der Waals surface area (Å²) in [5.41, 5.74) is 7.86. The first-order valence-corrected chi connectivity index (χ1v) is 20.3. The molecule has 8 unspecified atom stereocenters. The third kappa shape index (κ3) is 6.78. The van der Waals surface area contributed by atoms with Crippen molar-refractivity contribution in [2.75, 3.05) is 14.2 Å². The van der Waals surface area contributed by atoms with E-state index in [0.29, 0.717) is 42.6 Å². The lowest BCUT2D eigenvalue weighted by molar-refractivity contribution is -0.149. The molecule has 3 aromatic carbocycles. The highest BCUT2D eigenvalue weighted by Crippen LogP contribution is 2.62. The molecule has 0 amide bonds. The quantitative estimate of drug-likeness (QED) is 0.119. The summed E-state index contributed by atoms with van der Waals surface area (Å²) in [6.07, 6.45) is 8.34. The molecule has 1 aliphatic heterocycles. The van der Waals surface area contributed by atoms with Gasteiger partial charge in [0, 0.05) is 35.7 Å². The Morgan fingerprint density at radius 2 is 1.68 bits per heavy atom. The summed E-state index contributed by atoms with van der Waals surface area (Å²) in [5, 5.41) is 33.7. The minimum absolute atomic E-state index is 0.00516. The van der Waals surface area contributed by atoms with Gasteiger partial charge in [-0.15, -0.1) is 0 Å². The minimum Gasteiger partial charge on any atom is -0.504 e. The number of carbonyl (C=O) groups excluding carboxylic acids is 2. The van der Waals surface area contributed by atoms with E-state index in [0.717, 1.165) is 70.1 Å². The zero-order chi connectivity index (χ0) is 39.4. The molecule has 9 heteroatoms. The van der Waals surface area contributed by atoms with Gasteiger partial charge in [0.1, 0.15) is 18.3 Å². The molecule has 0 radical (unpaired) electrons. The number of benzene rings is 3. The van der Waals surface area contributed by atoms with E-state index >= 15 is 0 Å². The van der Waals surface area contributed by atoms with E-state index in [4.69, 9.17) is 14.2 Å². The highest BCUT2D eigenvalue weighted by atomic mass is 16.5. The Balaban J connectivity index is 1.22. The van der Waals surface area contributed by atoms with Gasteiger partial charge in [-0.05, 0) is 132 Å². The Labute approximate surface area is 332 Å². The van der Waals surface area contributed by atoms with Crippen LogP contribution in [0.3, 0.4) is 0 Å². The number of H-pyrrole nitrogens is 1. The predicted octanol–water partition coefficient (Wildman–Crippen LogP) is 7.94. The number of cyclic esters (lactones) is 1. The van der Waals surface area contributed by atoms with Crippen molar-refractivity contribution in [1.82, 2.24) is 4.98 Å². The molecule has 9 rings (SSSR count). The fraction of sp³-hybridized carbons (Fsp3) is 0.417. The number of nitrogens with one attached hydrogen (secondary N) is 1. The van der Waals surface area contributed by atoms with Gasteiger partial charge in [0.25, 0.3) is 0 Å². The SMILES string of the molecule is COc1cc(CCC2CC(=O)CC3c4cc(OC)c(O)cc4C(=C4C=CC5CC4C3C3CCC(O)CC53)c3[nH]c4ccccc4c3CC#CCC(=O)O2)ccc1O. The predicted molar refractivity (Wildman–Crippen MR) is 216 cm³/mol. The van der Waals surface area contributed by atoms with Crippen LogP contribution in [-0.4, -0.2) is 58.5 Å². The second kappa shape index (κ2) is 15.1. The lowest BCUT2D eigenvalue weighted by Gasteiger charge is -2.54. The van der Waals surface area contributed by atoms with Crippen LogP contribution in [0.5, 0.6) is 23.0 Å². The Morgan fingerprint density at radius 1 is 0.877 bits per heavy atom. The van der Waals surface area contributed by atoms with Crippen molar-refractivity contribution in [3.63, 3.8) is 0 Å². The van der Waals surface area contributed by atoms with Crippen LogP contribution < -0.4 is 9.47 Å². The fourth-order valence-electron chi connectivity index (χ4n) is 11.1. The summed E-state index contributed by atoms with van der Waals surface area (Å²) in [7, 11) is 3.05. The zero-order valence-corrected chi connectivity index (χ0v) is 32.4. The number of para-hydroxylation sites is 1. The third-order valence-electron chi connectivity index (χ3n) is 13.5. The summed E-state index contributed by atoms with van der Waals surface area (Å²) in [4.78, 5) is 31.9. The van der Waals surface area contributed by atoms with Crippen molar-refractivity contribution in [1.29, 1.82) is 0 Å². The topological polar surface area (TPSA) is 138 Å². The molecule has 2 fully saturated rings. The number of fused-ring (bicyclic) bond motifs is 9. The number of ether oxygens (including phenoxy) is 3. The van der Waals surface area contributed by atoms with Gasteiger partial charge >= 0.3 is 5.97 Å². The van der Waals surface area contributed by atoms with Gasteiger partial charge in [0.2, 0.25) is 0 Å². The molecule has 57 heavy (non-hydrogen) atoms. The van der Waals surface area contributed by atoms with E-state index in [1.54, 1.807) is 25.3 Å². The number of aryl methyl sites for hydroxylation is 1. The molecule has 0 spiro atoms. The van der Waals surface area contributed by atoms with E-state index in [1.165, 1.54) is 12.7 Å². The first kappa shape index (κ1) is 37.1. The number of aromatic hydroxyl groups is 2. The number of carbonyl (C=O) groups is 2. The van der Waals surface area contributed by atoms with E-state index < -0.39 is 12.1 Å². The number of aromatic amines is 1. The number of hydrogen-bond donors (Lipinski definition) is 4. The average molecular weight is 768 g/mol. The standard InChI is InChI=1S/C48H49NO8/c1-55-43-19-26(12-18-41(43)52)11-15-30-21-29(51)23-38-36-25-44(56-2)42(53)24-39(36)47(33-16-13-27-20-37(33)46(38)32-17-14-28(50)22-35(27)32)48-34(8-4-6-10-45(54)57-30)31-7-3-5-9-40(31)49-48/h3,5,7,9,12-13,16,18-19,24-25,27-28,30,32,35,37-38,46,49-50,52-53H,8,10-11,14-15,17,20-23H2,1-2H3. The largest absolute Gasteiger partial charge is 0.504 e. The third-order valence-corrected chi connectivity index (χ3v) is 13.5. The molecule has 4 aliphatic carbocycles. The molecular weight excluding hydrogens is 719 g/mol. The van der Waals surface area contributed by atoms with Gasteiger partial charge in [0.15, 0.2) is 23.0 Å². The summed E-state index contributed by atoms with van der Waals surface area (Å²) >= 11 is 0. The smallest absolute Gasteiger partial charge is 0.318 e. The number of hydrogen-bond acceptors (Lipinski definition) is 8. The van der Waals surface area contributed by atoms with Crippen LogP contribution in [0.1, 0.15) is 85.2 Å². The molecule has 4 N–H and O–H groups in total. The average Bonchev–Trinajstić information content (AvgIpc) is 3.51. The van der Waals surface area contributed by atoms with Crippen LogP contribution in [-0.2, 0) is 27.2 Å². The van der Waals surface area contributed by atoms with Gasteiger partial charge in [0.05, 0.1) is 26.0 Å². The van der Waals surface area contributed by atoms with Gasteiger partial charge in [-0.25, -0.2) is 0 Å². The number of aromatic nitrogens is 1. The van der Waals surface area contributed by atoms with Crippen LogP contribution in [0.2, 0.25) is 0 Å². The second-order valence-corrected chi connectivity index (χ2v) is 16.6. The molecule has 2 heterocycles. The molecule has 4 bridgehead atoms. The molecule has 4 aromatic rings. The van der Waals surface area contributed by atoms with Crippen molar-refractivity contribution in [3.05, 3.63) is 100 Å². The number of rotatable bonds is 5. The van der Waals surface area contributed by atoms with Crippen molar-refractivity contribution in [3.8, 4) is 34.8 Å². The zero-order valence-electron chi connectivity index (χ0n) is 32.4. The van der Waals surface area contributed by atoms with Gasteiger partial charge in [-0.1, -0.05) is 48.3 Å². The molecule has 8 atom stereocenters. The highest BCUT2D eigenvalue weighted by molar-refractivity contribution is 5.96. The maximum atomic E-state index is 14.7. The van der Waals surface area contributed by atoms with E-state index in [9.17, 15) is 24.9 Å². The van der Waals surface area contributed by atoms with E-state index in [-0.39, 0.29) is 66.3 Å². The highest BCUT2D eigenvalue weighted by Gasteiger charge is 2.53. The van der Waals surface area contributed by atoms with Crippen molar-refractivity contribution < 1.29 is 39.1 Å². The summed E-state index contributed by atoms with van der Waals surface area (Å²) in [6, 6.07) is 17.1. The number of allylic oxidation sites excluding steroid dienone is 3. The van der Waals surface area contributed by atoms with Gasteiger partial charge in [-0.2, -0.15) is 0 Å². The number of ketones is 1. The van der Waals surface area contributed by atoms with Crippen molar-refractivity contribution in [2.45, 2.75) is 82.3 Å². The maximum absolute atomic E-state index is 14.7. The molecule has 5 aliphatic rings. The Bertz CT molecular complexity index is 2380. The lowest BCUT2D eigenvalue weighted by Crippen LogP contribution is -2.47. The molecule has 0 saturated heterocycles. The van der Waals surface area contributed by atoms with Crippen LogP contribution >= 0.6 is 0 Å². The fourth-order valence-corrected chi connectivity index (χ4v) is 11.1. The normalized spacial score (nSPS) is 28.1. The van der Waals surface area contributed by atoms with Crippen LogP contribution in [0.4, 0.5) is 0 Å². The monoisotopic (exact) mass is 767 g/mol. The maximum Gasteiger partial charge on any atom is 0.318 e. The van der Waals surface area contributed by atoms with Crippen LogP contribution in [0.15, 0.2) is 72.3 Å². The molecule has 2 saturated carbocycles. The van der Waals surface area contributed by atoms with E-state index in [1.807, 2.05) is 24.3 Å². The van der Waals surface area contributed by atoms with E-state index in [2.05, 4.69) is 41.1 Å². The molecular formula is C48H49NO8. The minimum atomic E-state index is -0.686. The molecule has 9 nitrogen and oxygen atoms in total. The molecule has 294 valence electrons. The number of methoxy groups -OCH3 is 2. The summed E-state index contributed by atoms with van der Waals surface area (Å²) in [6.45, 7) is 0. The number of aliphatic hydroxyl groups is 1. The van der Waals surface area contributed by atoms with Gasteiger partial charge < -0.3 is 34.5 Å². The number of phenolic OH excluding ortho intramolecular Hbond substituents is 2. The molecule has 1 aromatic heterocycles. The number of Topliss-reactive ketones (excluding diaryl/α,β-unsaturated/α-hetero) is 1. The first-order chi connectivity index (χ1) is 27.7. The lowest BCUT2D eigenvalue weighted by atomic mass is 9.51. The number of aliphatic hydroxyl groups excluding tert-OH is 1. The first-order valence-electron chi connectivity index (χ1n) is 20.3. The Hall–Kier alpha value is -5.46. The van der Waals surface area contributed by atoms with Crippen molar-refractivity contribution >= 4 is 28.2 Å². The Kier molecular flexibility index (Phi) is 9.86. The number of phenols is 2. The van der Waals surface area contributed by atoms with Gasteiger partial charge in [-0.3, -0.25) is 9.59 Å². The van der Waals surface area contributed by atoms with Crippen LogP contribution in [0, 0.1) is 41.4 Å².